The van der Waals surface area contributed by atoms with Crippen LogP contribution in [0.3, 0.4) is 0 Å². The maximum Gasteiger partial charge on any atom is 0.292 e. The van der Waals surface area contributed by atoms with Gasteiger partial charge in [-0.1, -0.05) is 27.7 Å². The first-order valence-electron chi connectivity index (χ1n) is 7.33. The van der Waals surface area contributed by atoms with Crippen LogP contribution in [0.15, 0.2) is 6.07 Å². The third-order valence-electron chi connectivity index (χ3n) is 3.30. The summed E-state index contributed by atoms with van der Waals surface area (Å²) >= 11 is 0. The molecule has 2 N–H and O–H groups in total. The zero-order valence-corrected chi connectivity index (χ0v) is 13.7. The van der Waals surface area contributed by atoms with Crippen LogP contribution in [0.2, 0.25) is 0 Å². The molecular weight excluding hydrogens is 302 g/mol. The molecule has 1 aromatic carbocycles. The van der Waals surface area contributed by atoms with Crippen molar-refractivity contribution in [3.8, 4) is 0 Å². The molecule has 0 aliphatic rings. The minimum atomic E-state index is -1.15. The van der Waals surface area contributed by atoms with E-state index in [4.69, 9.17) is 5.73 Å². The van der Waals surface area contributed by atoms with Gasteiger partial charge in [0.05, 0.1) is 9.85 Å². The van der Waals surface area contributed by atoms with E-state index >= 15 is 0 Å². The number of nitrogens with zero attached hydrogens (tertiary/aromatic N) is 2. The van der Waals surface area contributed by atoms with Crippen molar-refractivity contribution in [1.29, 1.82) is 0 Å². The van der Waals surface area contributed by atoms with Gasteiger partial charge in [-0.3, -0.25) is 25.0 Å². The Morgan fingerprint density at radius 2 is 1.35 bits per heavy atom. The van der Waals surface area contributed by atoms with Crippen molar-refractivity contribution < 1.29 is 14.6 Å². The van der Waals surface area contributed by atoms with E-state index in [1.807, 2.05) is 27.7 Å². The fourth-order valence-corrected chi connectivity index (χ4v) is 2.62. The summed E-state index contributed by atoms with van der Waals surface area (Å²) in [5.74, 6) is -0.982. The minimum Gasteiger partial charge on any atom is -0.365 e. The SMILES string of the molecule is CC(C)Cc1cc(CC(C)C)c([N+](=O)[O-])c(C(N)=O)c1[N+](=O)[O-]. The number of benzene rings is 1. The zero-order chi connectivity index (χ0) is 17.9. The molecule has 0 heterocycles. The molecule has 0 aromatic heterocycles. The van der Waals surface area contributed by atoms with Gasteiger partial charge in [0.2, 0.25) is 0 Å². The van der Waals surface area contributed by atoms with Crippen molar-refractivity contribution >= 4 is 17.3 Å². The van der Waals surface area contributed by atoms with E-state index in [-0.39, 0.29) is 11.8 Å². The van der Waals surface area contributed by atoms with Gasteiger partial charge in [0.15, 0.2) is 5.56 Å². The van der Waals surface area contributed by atoms with Crippen LogP contribution in [0.1, 0.15) is 49.2 Å². The Morgan fingerprint density at radius 3 is 1.57 bits per heavy atom. The van der Waals surface area contributed by atoms with Crippen LogP contribution < -0.4 is 5.73 Å². The van der Waals surface area contributed by atoms with Crippen molar-refractivity contribution in [2.75, 3.05) is 0 Å². The highest BCUT2D eigenvalue weighted by Crippen LogP contribution is 2.37. The third-order valence-corrected chi connectivity index (χ3v) is 3.30. The highest BCUT2D eigenvalue weighted by Gasteiger charge is 2.35. The molecule has 126 valence electrons. The summed E-state index contributed by atoms with van der Waals surface area (Å²) in [5.41, 5.74) is 4.15. The molecule has 0 saturated heterocycles. The molecule has 1 aromatic rings. The van der Waals surface area contributed by atoms with E-state index in [2.05, 4.69) is 0 Å². The number of hydrogen-bond donors (Lipinski definition) is 1. The predicted octanol–water partition coefficient (Wildman–Crippen LogP) is 3.00. The fourth-order valence-electron chi connectivity index (χ4n) is 2.62. The molecule has 0 saturated carbocycles. The van der Waals surface area contributed by atoms with Crippen molar-refractivity contribution in [3.05, 3.63) is 43.0 Å². The first kappa shape index (κ1) is 18.5. The second-order valence-corrected chi connectivity index (χ2v) is 6.34. The van der Waals surface area contributed by atoms with E-state index in [0.717, 1.165) is 0 Å². The quantitative estimate of drug-likeness (QED) is 0.609. The molecule has 0 fully saturated rings. The van der Waals surface area contributed by atoms with Gasteiger partial charge in [-0.15, -0.1) is 0 Å². The zero-order valence-electron chi connectivity index (χ0n) is 13.7. The number of nitro benzene ring substituents is 2. The number of nitro groups is 2. The first-order chi connectivity index (χ1) is 10.6. The highest BCUT2D eigenvalue weighted by molar-refractivity contribution is 6.02. The van der Waals surface area contributed by atoms with Gasteiger partial charge in [-0.25, -0.2) is 0 Å². The summed E-state index contributed by atoms with van der Waals surface area (Å²) in [6, 6.07) is 1.47. The van der Waals surface area contributed by atoms with Gasteiger partial charge in [0.1, 0.15) is 0 Å². The van der Waals surface area contributed by atoms with Crippen LogP contribution in [0.4, 0.5) is 11.4 Å². The molecular formula is C15H21N3O5. The second kappa shape index (κ2) is 7.17. The largest absolute Gasteiger partial charge is 0.365 e. The van der Waals surface area contributed by atoms with E-state index < -0.39 is 32.7 Å². The molecule has 8 nitrogen and oxygen atoms in total. The van der Waals surface area contributed by atoms with Gasteiger partial charge >= 0.3 is 0 Å². The van der Waals surface area contributed by atoms with E-state index in [1.54, 1.807) is 0 Å². The van der Waals surface area contributed by atoms with Gasteiger partial charge in [-0.2, -0.15) is 0 Å². The Balaban J connectivity index is 3.86. The molecule has 0 aliphatic carbocycles. The molecule has 0 atom stereocenters. The molecule has 0 radical (unpaired) electrons. The number of nitrogens with two attached hydrogens (primary N) is 1. The number of amides is 1. The average molecular weight is 323 g/mol. The Bertz CT molecular complexity index is 607. The summed E-state index contributed by atoms with van der Waals surface area (Å²) in [6.45, 7) is 7.49. The van der Waals surface area contributed by atoms with E-state index in [0.29, 0.717) is 24.0 Å². The molecule has 8 heteroatoms. The maximum absolute atomic E-state index is 11.7. The highest BCUT2D eigenvalue weighted by atomic mass is 16.6. The van der Waals surface area contributed by atoms with Crippen LogP contribution in [0.25, 0.3) is 0 Å². The Labute approximate surface area is 134 Å². The lowest BCUT2D eigenvalue weighted by Crippen LogP contribution is -2.19. The van der Waals surface area contributed by atoms with E-state index in [9.17, 15) is 25.0 Å². The molecule has 0 aliphatic heterocycles. The third kappa shape index (κ3) is 4.24. The Hall–Kier alpha value is -2.51. The number of hydrogen-bond acceptors (Lipinski definition) is 5. The van der Waals surface area contributed by atoms with Crippen LogP contribution in [0, 0.1) is 32.1 Å². The number of carbonyl (C=O) groups excluding carboxylic acids is 1. The Morgan fingerprint density at radius 1 is 1.00 bits per heavy atom. The van der Waals surface area contributed by atoms with Crippen LogP contribution >= 0.6 is 0 Å². The number of primary amides is 1. The van der Waals surface area contributed by atoms with Crippen LogP contribution in [0.5, 0.6) is 0 Å². The molecule has 0 bridgehead atoms. The van der Waals surface area contributed by atoms with Crippen molar-refractivity contribution in [1.82, 2.24) is 0 Å². The summed E-state index contributed by atoms with van der Waals surface area (Å²) < 4.78 is 0. The van der Waals surface area contributed by atoms with Crippen LogP contribution in [-0.4, -0.2) is 15.8 Å². The van der Waals surface area contributed by atoms with Gasteiger partial charge in [0.25, 0.3) is 17.3 Å². The second-order valence-electron chi connectivity index (χ2n) is 6.34. The lowest BCUT2D eigenvalue weighted by Gasteiger charge is -2.13. The van der Waals surface area contributed by atoms with Crippen molar-refractivity contribution in [3.63, 3.8) is 0 Å². The number of rotatable bonds is 7. The molecule has 0 unspecified atom stereocenters. The summed E-state index contributed by atoms with van der Waals surface area (Å²) in [4.78, 5) is 33.0. The molecule has 1 amide bonds. The molecule has 1 rings (SSSR count). The first-order valence-corrected chi connectivity index (χ1v) is 7.33. The monoisotopic (exact) mass is 323 g/mol. The van der Waals surface area contributed by atoms with Crippen LogP contribution in [-0.2, 0) is 12.8 Å². The van der Waals surface area contributed by atoms with Gasteiger partial charge in [-0.05, 0) is 30.7 Å². The van der Waals surface area contributed by atoms with E-state index in [1.165, 1.54) is 6.07 Å². The van der Waals surface area contributed by atoms with Crippen molar-refractivity contribution in [2.24, 2.45) is 17.6 Å². The minimum absolute atomic E-state index is 0.0859. The smallest absolute Gasteiger partial charge is 0.292 e. The average Bonchev–Trinajstić information content (AvgIpc) is 2.34. The Kier molecular flexibility index (Phi) is 5.78. The van der Waals surface area contributed by atoms with Crippen molar-refractivity contribution in [2.45, 2.75) is 40.5 Å². The molecule has 0 spiro atoms. The summed E-state index contributed by atoms with van der Waals surface area (Å²) in [6.07, 6.45) is 0.666. The summed E-state index contributed by atoms with van der Waals surface area (Å²) in [7, 11) is 0. The predicted molar refractivity (Wildman–Crippen MR) is 85.4 cm³/mol. The fraction of sp³-hybridized carbons (Fsp3) is 0.533. The lowest BCUT2D eigenvalue weighted by atomic mass is 9.90. The van der Waals surface area contributed by atoms with Gasteiger partial charge < -0.3 is 5.73 Å². The standard InChI is InChI=1S/C15H21N3O5/c1-8(2)5-10-7-11(6-9(3)4)14(18(22)23)12(15(16)19)13(10)17(20)21/h7-9H,5-6H2,1-4H3,(H2,16,19). The molecule has 23 heavy (non-hydrogen) atoms. The number of carbonyl (C=O) groups is 1. The van der Waals surface area contributed by atoms with Gasteiger partial charge in [0, 0.05) is 11.1 Å². The summed E-state index contributed by atoms with van der Waals surface area (Å²) in [5, 5.41) is 22.8. The normalized spacial score (nSPS) is 11.0. The topological polar surface area (TPSA) is 129 Å². The lowest BCUT2D eigenvalue weighted by molar-refractivity contribution is -0.395. The maximum atomic E-state index is 11.7.